The van der Waals surface area contributed by atoms with E-state index in [9.17, 15) is 4.79 Å². The molecule has 1 amide bonds. The van der Waals surface area contributed by atoms with Crippen LogP contribution in [0.5, 0.6) is 17.2 Å². The van der Waals surface area contributed by atoms with Gasteiger partial charge < -0.3 is 14.2 Å². The van der Waals surface area contributed by atoms with Crippen LogP contribution in [0.2, 0.25) is 0 Å². The van der Waals surface area contributed by atoms with Gasteiger partial charge in [0.05, 0.1) is 25.0 Å². The van der Waals surface area contributed by atoms with Crippen molar-refractivity contribution >= 4 is 35.6 Å². The van der Waals surface area contributed by atoms with Gasteiger partial charge in [-0.3, -0.25) is 4.79 Å². The molecule has 1 heterocycles. The third kappa shape index (κ3) is 5.36. The van der Waals surface area contributed by atoms with Gasteiger partial charge in [-0.25, -0.2) is 5.43 Å². The minimum absolute atomic E-state index is 0.112. The Morgan fingerprint density at radius 1 is 1.14 bits per heavy atom. The van der Waals surface area contributed by atoms with Crippen molar-refractivity contribution in [3.05, 3.63) is 53.6 Å². The lowest BCUT2D eigenvalue weighted by atomic mass is 10.2. The van der Waals surface area contributed by atoms with Crippen LogP contribution in [0.3, 0.4) is 0 Å². The number of nitrogens with zero attached hydrogens (tertiary/aromatic N) is 1. The Bertz CT molecular complexity index is 821. The summed E-state index contributed by atoms with van der Waals surface area (Å²) in [6.07, 6.45) is 1.50. The van der Waals surface area contributed by atoms with Crippen LogP contribution in [0.25, 0.3) is 0 Å². The molecule has 0 bridgehead atoms. The van der Waals surface area contributed by atoms with Crippen LogP contribution in [0.4, 0.5) is 0 Å². The van der Waals surface area contributed by atoms with E-state index in [1.807, 2.05) is 47.8 Å². The van der Waals surface area contributed by atoms with Gasteiger partial charge in [0.2, 0.25) is 0 Å². The molecule has 1 aliphatic heterocycles. The molecule has 0 aromatic heterocycles. The van der Waals surface area contributed by atoms with E-state index in [0.717, 1.165) is 0 Å². The van der Waals surface area contributed by atoms with Crippen LogP contribution in [0, 0.1) is 0 Å². The maximum absolute atomic E-state index is 11.9. The summed E-state index contributed by atoms with van der Waals surface area (Å²) in [6, 6.07) is 13.3. The van der Waals surface area contributed by atoms with E-state index in [1.165, 1.54) is 23.3 Å². The molecule has 1 fully saturated rings. The highest BCUT2D eigenvalue weighted by molar-refractivity contribution is 8.19. The fourth-order valence-electron chi connectivity index (χ4n) is 2.64. The average molecular weight is 419 g/mol. The zero-order chi connectivity index (χ0) is 19.8. The highest BCUT2D eigenvalue weighted by Gasteiger charge is 2.18. The standard InChI is InChI=1S/C20H22N2O4S2/c1-24-17-5-3-4-15(19(17)25-2)12-21-22-18(23)13-26-16-8-6-14(7-9-16)20-27-10-11-28-20/h3-9,12,20H,10-11,13H2,1-2H3,(H,22,23)/b21-12-. The smallest absolute Gasteiger partial charge is 0.277 e. The van der Waals surface area contributed by atoms with Crippen LogP contribution in [-0.4, -0.2) is 44.5 Å². The molecule has 148 valence electrons. The fourth-order valence-corrected chi connectivity index (χ4v) is 5.50. The highest BCUT2D eigenvalue weighted by Crippen LogP contribution is 2.45. The SMILES string of the molecule is COc1cccc(/C=N\NC(=O)COc2ccc(C3SCCS3)cc2)c1OC. The number of ether oxygens (including phenoxy) is 3. The van der Waals surface area contributed by atoms with E-state index in [-0.39, 0.29) is 12.5 Å². The van der Waals surface area contributed by atoms with Crippen molar-refractivity contribution in [1.82, 2.24) is 5.43 Å². The first-order valence-electron chi connectivity index (χ1n) is 8.70. The molecule has 2 aromatic rings. The predicted molar refractivity (Wildman–Crippen MR) is 115 cm³/mol. The van der Waals surface area contributed by atoms with Crippen LogP contribution in [-0.2, 0) is 4.79 Å². The summed E-state index contributed by atoms with van der Waals surface area (Å²) in [5.74, 6) is 3.84. The number of hydrazone groups is 1. The number of nitrogens with one attached hydrogen (secondary N) is 1. The minimum atomic E-state index is -0.343. The molecule has 1 saturated heterocycles. The summed E-state index contributed by atoms with van der Waals surface area (Å²) < 4.78 is 16.6. The molecule has 2 aromatic carbocycles. The summed E-state index contributed by atoms with van der Waals surface area (Å²) >= 11 is 3.91. The maximum atomic E-state index is 11.9. The molecule has 8 heteroatoms. The van der Waals surface area contributed by atoms with E-state index in [1.54, 1.807) is 20.3 Å². The molecule has 0 spiro atoms. The van der Waals surface area contributed by atoms with Crippen LogP contribution >= 0.6 is 23.5 Å². The van der Waals surface area contributed by atoms with Gasteiger partial charge in [-0.15, -0.1) is 23.5 Å². The molecule has 6 nitrogen and oxygen atoms in total. The van der Waals surface area contributed by atoms with E-state index < -0.39 is 0 Å². The Kier molecular flexibility index (Phi) is 7.50. The van der Waals surface area contributed by atoms with E-state index in [0.29, 0.717) is 27.4 Å². The van der Waals surface area contributed by atoms with Crippen molar-refractivity contribution in [3.63, 3.8) is 0 Å². The third-order valence-corrected chi connectivity index (χ3v) is 7.07. The number of para-hydroxylation sites is 1. The molecule has 1 N–H and O–H groups in total. The number of hydrogen-bond acceptors (Lipinski definition) is 7. The summed E-state index contributed by atoms with van der Waals surface area (Å²) in [7, 11) is 3.12. The second-order valence-corrected chi connectivity index (χ2v) is 8.53. The zero-order valence-electron chi connectivity index (χ0n) is 15.7. The second kappa shape index (κ2) is 10.3. The quantitative estimate of drug-likeness (QED) is 0.521. The molecule has 0 unspecified atom stereocenters. The number of amides is 1. The lowest BCUT2D eigenvalue weighted by Gasteiger charge is -2.10. The van der Waals surface area contributed by atoms with Gasteiger partial charge in [-0.05, 0) is 29.8 Å². The predicted octanol–water partition coefficient (Wildman–Crippen LogP) is 3.71. The Hall–Kier alpha value is -2.32. The first-order chi connectivity index (χ1) is 13.7. The first kappa shape index (κ1) is 20.4. The van der Waals surface area contributed by atoms with Gasteiger partial charge >= 0.3 is 0 Å². The van der Waals surface area contributed by atoms with Gasteiger partial charge in [0.1, 0.15) is 5.75 Å². The summed E-state index contributed by atoms with van der Waals surface area (Å²) in [5, 5.41) is 3.96. The normalized spacial score (nSPS) is 14.2. The molecule has 3 rings (SSSR count). The van der Waals surface area contributed by atoms with Crippen molar-refractivity contribution in [2.45, 2.75) is 4.58 Å². The Balaban J connectivity index is 1.49. The number of rotatable bonds is 8. The largest absolute Gasteiger partial charge is 0.493 e. The molecule has 0 aliphatic carbocycles. The number of thioether (sulfide) groups is 2. The number of methoxy groups -OCH3 is 2. The highest BCUT2D eigenvalue weighted by atomic mass is 32.2. The number of benzene rings is 2. The summed E-state index contributed by atoms with van der Waals surface area (Å²) in [5.41, 5.74) is 4.42. The molecule has 0 radical (unpaired) electrons. The minimum Gasteiger partial charge on any atom is -0.493 e. The van der Waals surface area contributed by atoms with Crippen LogP contribution in [0.15, 0.2) is 47.6 Å². The van der Waals surface area contributed by atoms with Gasteiger partial charge in [0, 0.05) is 17.1 Å². The Morgan fingerprint density at radius 2 is 1.89 bits per heavy atom. The molecule has 28 heavy (non-hydrogen) atoms. The molecular formula is C20H22N2O4S2. The zero-order valence-corrected chi connectivity index (χ0v) is 17.3. The second-order valence-electron chi connectivity index (χ2n) is 5.81. The topological polar surface area (TPSA) is 69.2 Å². The van der Waals surface area contributed by atoms with E-state index in [2.05, 4.69) is 22.7 Å². The lowest BCUT2D eigenvalue weighted by molar-refractivity contribution is -0.123. The van der Waals surface area contributed by atoms with Crippen LogP contribution < -0.4 is 19.6 Å². The fraction of sp³-hybridized carbons (Fsp3) is 0.300. The molecule has 0 atom stereocenters. The van der Waals surface area contributed by atoms with Gasteiger partial charge in [0.25, 0.3) is 5.91 Å². The summed E-state index contributed by atoms with van der Waals surface area (Å²) in [4.78, 5) is 11.9. The third-order valence-electron chi connectivity index (χ3n) is 3.97. The van der Waals surface area contributed by atoms with Crippen LogP contribution in [0.1, 0.15) is 15.7 Å². The van der Waals surface area contributed by atoms with Crippen molar-refractivity contribution in [1.29, 1.82) is 0 Å². The lowest BCUT2D eigenvalue weighted by Crippen LogP contribution is -2.24. The van der Waals surface area contributed by atoms with Gasteiger partial charge in [-0.2, -0.15) is 5.10 Å². The number of carbonyl (C=O) groups excluding carboxylic acids is 1. The number of carbonyl (C=O) groups is 1. The monoisotopic (exact) mass is 418 g/mol. The van der Waals surface area contributed by atoms with Crippen molar-refractivity contribution in [3.8, 4) is 17.2 Å². The van der Waals surface area contributed by atoms with Crippen molar-refractivity contribution < 1.29 is 19.0 Å². The summed E-state index contributed by atoms with van der Waals surface area (Å²) in [6.45, 7) is -0.112. The number of hydrogen-bond donors (Lipinski definition) is 1. The first-order valence-corrected chi connectivity index (χ1v) is 10.8. The molecule has 0 saturated carbocycles. The maximum Gasteiger partial charge on any atom is 0.277 e. The molecule has 1 aliphatic rings. The Morgan fingerprint density at radius 3 is 2.57 bits per heavy atom. The van der Waals surface area contributed by atoms with Crippen molar-refractivity contribution in [2.24, 2.45) is 5.10 Å². The van der Waals surface area contributed by atoms with Gasteiger partial charge in [-0.1, -0.05) is 18.2 Å². The average Bonchev–Trinajstić information content (AvgIpc) is 3.27. The van der Waals surface area contributed by atoms with E-state index in [4.69, 9.17) is 14.2 Å². The van der Waals surface area contributed by atoms with Gasteiger partial charge in [0.15, 0.2) is 18.1 Å². The van der Waals surface area contributed by atoms with Crippen molar-refractivity contribution in [2.75, 3.05) is 32.3 Å². The van der Waals surface area contributed by atoms with E-state index >= 15 is 0 Å². The Labute approximate surface area is 173 Å². The molecular weight excluding hydrogens is 396 g/mol.